The molecular weight excluding hydrogens is 466 g/mol. The van der Waals surface area contributed by atoms with E-state index in [9.17, 15) is 18.0 Å². The SMILES string of the molecule is CC(=O)Nc1cccc2c(S(=O)(=O)N3CCC(N4C(=O)OCc5cccc(C)c54)CC3)cccc12. The average Bonchev–Trinajstić information content (AvgIpc) is 2.84. The number of nitrogens with zero attached hydrogens (tertiary/aromatic N) is 2. The molecule has 3 aromatic carbocycles. The van der Waals surface area contributed by atoms with Gasteiger partial charge in [0.1, 0.15) is 6.61 Å². The van der Waals surface area contributed by atoms with Gasteiger partial charge in [-0.05, 0) is 37.5 Å². The van der Waals surface area contributed by atoms with E-state index in [1.807, 2.05) is 25.1 Å². The van der Waals surface area contributed by atoms with Gasteiger partial charge < -0.3 is 10.1 Å². The van der Waals surface area contributed by atoms with Gasteiger partial charge in [0.25, 0.3) is 0 Å². The van der Waals surface area contributed by atoms with E-state index >= 15 is 0 Å². The molecule has 0 spiro atoms. The molecule has 0 aliphatic carbocycles. The largest absolute Gasteiger partial charge is 0.444 e. The Hall–Kier alpha value is -3.43. The van der Waals surface area contributed by atoms with Crippen LogP contribution < -0.4 is 10.2 Å². The van der Waals surface area contributed by atoms with Crippen molar-refractivity contribution in [3.63, 3.8) is 0 Å². The van der Waals surface area contributed by atoms with Gasteiger partial charge in [-0.2, -0.15) is 4.31 Å². The number of cyclic esters (lactones) is 1. The monoisotopic (exact) mass is 493 g/mol. The minimum Gasteiger partial charge on any atom is -0.444 e. The molecule has 5 rings (SSSR count). The molecule has 8 nitrogen and oxygen atoms in total. The van der Waals surface area contributed by atoms with Crippen LogP contribution in [0.5, 0.6) is 0 Å². The first kappa shape index (κ1) is 23.3. The van der Waals surface area contributed by atoms with Crippen LogP contribution in [0.15, 0.2) is 59.5 Å². The predicted molar refractivity (Wildman–Crippen MR) is 134 cm³/mol. The van der Waals surface area contributed by atoms with E-state index in [0.29, 0.717) is 42.4 Å². The molecule has 1 fully saturated rings. The minimum atomic E-state index is -3.78. The topological polar surface area (TPSA) is 96.0 Å². The van der Waals surface area contributed by atoms with Gasteiger partial charge in [-0.15, -0.1) is 0 Å². The molecule has 2 aliphatic heterocycles. The Bertz CT molecular complexity index is 1430. The fourth-order valence-electron chi connectivity index (χ4n) is 5.10. The third kappa shape index (κ3) is 4.15. The van der Waals surface area contributed by atoms with Gasteiger partial charge in [0.15, 0.2) is 0 Å². The summed E-state index contributed by atoms with van der Waals surface area (Å²) in [5, 5.41) is 4.00. The van der Waals surface area contributed by atoms with Gasteiger partial charge in [-0.3, -0.25) is 9.69 Å². The van der Waals surface area contributed by atoms with Crippen LogP contribution in [0.3, 0.4) is 0 Å². The summed E-state index contributed by atoms with van der Waals surface area (Å²) in [6.07, 6.45) is 0.626. The summed E-state index contributed by atoms with van der Waals surface area (Å²) in [6, 6.07) is 16.1. The van der Waals surface area contributed by atoms with E-state index in [4.69, 9.17) is 4.74 Å². The van der Waals surface area contributed by atoms with Gasteiger partial charge in [-0.25, -0.2) is 13.2 Å². The Kier molecular flexibility index (Phi) is 5.98. The molecule has 0 unspecified atom stereocenters. The highest BCUT2D eigenvalue weighted by Crippen LogP contribution is 2.36. The normalized spacial score (nSPS) is 17.2. The number of amides is 2. The number of aryl methyl sites for hydroxylation is 1. The molecule has 9 heteroatoms. The zero-order chi connectivity index (χ0) is 24.7. The molecule has 0 atom stereocenters. The summed E-state index contributed by atoms with van der Waals surface area (Å²) in [6.45, 7) is 4.22. The maximum Gasteiger partial charge on any atom is 0.414 e. The molecule has 3 aromatic rings. The van der Waals surface area contributed by atoms with Crippen LogP contribution in [0, 0.1) is 6.92 Å². The van der Waals surface area contributed by atoms with Crippen LogP contribution >= 0.6 is 0 Å². The summed E-state index contributed by atoms with van der Waals surface area (Å²) < 4.78 is 34.2. The van der Waals surface area contributed by atoms with E-state index < -0.39 is 10.0 Å². The lowest BCUT2D eigenvalue weighted by atomic mass is 10.00. The minimum absolute atomic E-state index is 0.145. The lowest BCUT2D eigenvalue weighted by molar-refractivity contribution is -0.114. The number of fused-ring (bicyclic) bond motifs is 2. The molecule has 1 saturated heterocycles. The van der Waals surface area contributed by atoms with Crippen molar-refractivity contribution in [2.24, 2.45) is 0 Å². The third-order valence-electron chi connectivity index (χ3n) is 6.71. The molecular formula is C26H27N3O5S. The summed E-state index contributed by atoms with van der Waals surface area (Å²) >= 11 is 0. The second-order valence-corrected chi connectivity index (χ2v) is 10.9. The first-order valence-corrected chi connectivity index (χ1v) is 13.1. The summed E-state index contributed by atoms with van der Waals surface area (Å²) in [5.41, 5.74) is 3.42. The van der Waals surface area contributed by atoms with E-state index in [-0.39, 0.29) is 29.5 Å². The zero-order valence-corrected chi connectivity index (χ0v) is 20.5. The van der Waals surface area contributed by atoms with Gasteiger partial charge in [-0.1, -0.05) is 42.5 Å². The predicted octanol–water partition coefficient (Wildman–Crippen LogP) is 4.42. The number of para-hydroxylation sites is 1. The number of rotatable bonds is 4. The number of carbonyl (C=O) groups is 2. The molecule has 1 N–H and O–H groups in total. The first-order chi connectivity index (χ1) is 16.8. The van der Waals surface area contributed by atoms with Crippen LogP contribution in [0.2, 0.25) is 0 Å². The van der Waals surface area contributed by atoms with Gasteiger partial charge in [0.05, 0.1) is 10.6 Å². The third-order valence-corrected chi connectivity index (χ3v) is 8.67. The second-order valence-electron chi connectivity index (χ2n) is 8.98. The molecule has 0 bridgehead atoms. The Morgan fingerprint density at radius 1 is 1.00 bits per heavy atom. The highest BCUT2D eigenvalue weighted by atomic mass is 32.2. The molecule has 2 amide bonds. The average molecular weight is 494 g/mol. The fourth-order valence-corrected chi connectivity index (χ4v) is 6.77. The Balaban J connectivity index is 1.41. The van der Waals surface area contributed by atoms with Crippen molar-refractivity contribution in [1.82, 2.24) is 4.31 Å². The van der Waals surface area contributed by atoms with Crippen molar-refractivity contribution in [2.75, 3.05) is 23.3 Å². The van der Waals surface area contributed by atoms with E-state index in [1.54, 1.807) is 41.3 Å². The number of anilines is 2. The van der Waals surface area contributed by atoms with Crippen LogP contribution in [-0.4, -0.2) is 43.9 Å². The lowest BCUT2D eigenvalue weighted by Crippen LogP contribution is -2.50. The number of ether oxygens (including phenoxy) is 1. The molecule has 0 aromatic heterocycles. The maximum absolute atomic E-state index is 13.7. The number of hydrogen-bond acceptors (Lipinski definition) is 5. The first-order valence-electron chi connectivity index (χ1n) is 11.6. The Labute approximate surface area is 204 Å². The van der Waals surface area contributed by atoms with E-state index in [1.165, 1.54) is 11.2 Å². The highest BCUT2D eigenvalue weighted by molar-refractivity contribution is 7.89. The number of hydrogen-bond donors (Lipinski definition) is 1. The van der Waals surface area contributed by atoms with Crippen molar-refractivity contribution >= 4 is 44.2 Å². The van der Waals surface area contributed by atoms with Gasteiger partial charge in [0, 0.05) is 48.1 Å². The number of carbonyl (C=O) groups excluding carboxylic acids is 2. The van der Waals surface area contributed by atoms with Crippen LogP contribution in [0.25, 0.3) is 10.8 Å². The second kappa shape index (κ2) is 8.98. The Morgan fingerprint density at radius 3 is 2.43 bits per heavy atom. The number of sulfonamides is 1. The quantitative estimate of drug-likeness (QED) is 0.581. The van der Waals surface area contributed by atoms with Crippen molar-refractivity contribution in [3.8, 4) is 0 Å². The molecule has 2 aliphatic rings. The highest BCUT2D eigenvalue weighted by Gasteiger charge is 2.38. The Morgan fingerprint density at radius 2 is 1.69 bits per heavy atom. The molecule has 0 saturated carbocycles. The zero-order valence-electron chi connectivity index (χ0n) is 19.7. The van der Waals surface area contributed by atoms with Crippen LogP contribution in [0.4, 0.5) is 16.2 Å². The standard InChI is InChI=1S/C26H27N3O5S/c1-17-6-3-7-19-16-34-26(31)29(25(17)19)20-12-14-28(15-13-20)35(32,33)24-11-5-8-21-22(24)9-4-10-23(21)27-18(2)30/h3-11,20H,12-16H2,1-2H3,(H,27,30). The van der Waals surface area contributed by atoms with Crippen molar-refractivity contribution in [3.05, 3.63) is 65.7 Å². The maximum atomic E-state index is 13.7. The van der Waals surface area contributed by atoms with E-state index in [2.05, 4.69) is 5.32 Å². The number of nitrogens with one attached hydrogen (secondary N) is 1. The van der Waals surface area contributed by atoms with Crippen molar-refractivity contribution in [2.45, 2.75) is 44.2 Å². The number of piperidine rings is 1. The molecule has 2 heterocycles. The van der Waals surface area contributed by atoms with Crippen molar-refractivity contribution in [1.29, 1.82) is 0 Å². The van der Waals surface area contributed by atoms with Crippen LogP contribution in [0.1, 0.15) is 30.9 Å². The molecule has 35 heavy (non-hydrogen) atoms. The van der Waals surface area contributed by atoms with Crippen molar-refractivity contribution < 1.29 is 22.7 Å². The smallest absolute Gasteiger partial charge is 0.414 e. The van der Waals surface area contributed by atoms with Crippen LogP contribution in [-0.2, 0) is 26.2 Å². The molecule has 182 valence electrons. The number of benzene rings is 3. The summed E-state index contributed by atoms with van der Waals surface area (Å²) in [7, 11) is -3.78. The summed E-state index contributed by atoms with van der Waals surface area (Å²) in [5.74, 6) is -0.221. The molecule has 0 radical (unpaired) electrons. The lowest BCUT2D eigenvalue weighted by Gasteiger charge is -2.40. The fraction of sp³-hybridized carbons (Fsp3) is 0.308. The van der Waals surface area contributed by atoms with Gasteiger partial charge >= 0.3 is 6.09 Å². The summed E-state index contributed by atoms with van der Waals surface area (Å²) in [4.78, 5) is 26.2. The van der Waals surface area contributed by atoms with Gasteiger partial charge in [0.2, 0.25) is 15.9 Å². The van der Waals surface area contributed by atoms with E-state index in [0.717, 1.165) is 16.8 Å².